The quantitative estimate of drug-likeness (QED) is 0.275. The van der Waals surface area contributed by atoms with Crippen molar-refractivity contribution in [3.05, 3.63) is 108 Å². The van der Waals surface area contributed by atoms with E-state index in [1.54, 1.807) is 31.0 Å². The predicted octanol–water partition coefficient (Wildman–Crippen LogP) is 7.19. The van der Waals surface area contributed by atoms with Gasteiger partial charge in [-0.25, -0.2) is 12.2 Å². The van der Waals surface area contributed by atoms with Crippen LogP contribution in [0.2, 0.25) is 0 Å². The summed E-state index contributed by atoms with van der Waals surface area (Å²) in [6.45, 7) is 11.2. The molecule has 2 aromatic rings. The first kappa shape index (κ1) is 32.1. The molecule has 2 aliphatic carbocycles. The molecule has 0 spiro atoms. The molecule has 0 bridgehead atoms. The first-order valence-corrected chi connectivity index (χ1v) is 13.4. The van der Waals surface area contributed by atoms with Gasteiger partial charge in [0, 0.05) is 12.2 Å². The van der Waals surface area contributed by atoms with Crippen LogP contribution in [0.4, 0.5) is 0 Å². The van der Waals surface area contributed by atoms with E-state index in [-0.39, 0.29) is 12.2 Å². The molecule has 2 nitrogen and oxygen atoms in total. The predicted molar refractivity (Wildman–Crippen MR) is 145 cm³/mol. The van der Waals surface area contributed by atoms with E-state index < -0.39 is 0 Å². The largest absolute Gasteiger partial charge is 0.272 e. The molecule has 0 heterocycles. The van der Waals surface area contributed by atoms with Gasteiger partial charge in [0.15, 0.2) is 0 Å². The molecule has 0 aromatic heterocycles. The van der Waals surface area contributed by atoms with Gasteiger partial charge >= 0.3 is 41.0 Å². The third-order valence-electron chi connectivity index (χ3n) is 3.61. The third kappa shape index (κ3) is 19.5. The molecule has 0 unspecified atom stereocenters. The van der Waals surface area contributed by atoms with Crippen molar-refractivity contribution >= 4 is 14.4 Å². The van der Waals surface area contributed by atoms with Crippen LogP contribution in [0.3, 0.4) is 0 Å². The Labute approximate surface area is 222 Å². The summed E-state index contributed by atoms with van der Waals surface area (Å²) < 4.78 is 1.56. The van der Waals surface area contributed by atoms with Crippen molar-refractivity contribution < 1.29 is 34.1 Å². The summed E-state index contributed by atoms with van der Waals surface area (Å²) in [6, 6.07) is 20.8. The van der Waals surface area contributed by atoms with Gasteiger partial charge in [0.2, 0.25) is 0 Å². The van der Waals surface area contributed by atoms with Crippen molar-refractivity contribution in [3.63, 3.8) is 0 Å². The summed E-state index contributed by atoms with van der Waals surface area (Å²) in [5.41, 5.74) is 5.17. The summed E-state index contributed by atoms with van der Waals surface area (Å²) in [7, 11) is 0. The van der Waals surface area contributed by atoms with Crippen molar-refractivity contribution in [2.24, 2.45) is 0 Å². The van der Waals surface area contributed by atoms with E-state index in [4.69, 9.17) is 10.2 Å². The summed E-state index contributed by atoms with van der Waals surface area (Å²) >= 11 is 1.27. The molecule has 2 N–H and O–H groups in total. The number of aliphatic hydroxyl groups excluding tert-OH is 2. The summed E-state index contributed by atoms with van der Waals surface area (Å²) in [5, 5.41) is 16.1. The average molecular weight is 623 g/mol. The molecule has 2 aliphatic rings. The zero-order valence-corrected chi connectivity index (χ0v) is 25.1. The fourth-order valence-electron chi connectivity index (χ4n) is 2.46. The Kier molecular flexibility index (Phi) is 19.3. The third-order valence-corrected chi connectivity index (χ3v) is 3.61. The molecule has 0 fully saturated rings. The molecule has 0 radical (unpaired) electrons. The molecule has 2 aromatic carbocycles. The van der Waals surface area contributed by atoms with Gasteiger partial charge in [-0.05, 0) is 27.7 Å². The van der Waals surface area contributed by atoms with E-state index in [0.29, 0.717) is 0 Å². The number of allylic oxidation sites excluding steroid dienone is 8. The van der Waals surface area contributed by atoms with Gasteiger partial charge in [0.25, 0.3) is 0 Å². The van der Waals surface area contributed by atoms with Gasteiger partial charge < -0.3 is 10.2 Å². The van der Waals surface area contributed by atoms with Crippen LogP contribution >= 0.6 is 0 Å². The summed E-state index contributed by atoms with van der Waals surface area (Å²) in [6.07, 6.45) is 16.4. The molecular weight excluding hydrogens is 583 g/mol. The minimum atomic E-state index is -0.167. The number of rotatable bonds is 2. The van der Waals surface area contributed by atoms with E-state index in [1.807, 2.05) is 12.1 Å². The fourth-order valence-corrected chi connectivity index (χ4v) is 2.46. The van der Waals surface area contributed by atoms with Crippen molar-refractivity contribution in [1.29, 1.82) is 0 Å². The number of aliphatic hydroxyl groups is 2. The molecule has 0 saturated carbocycles. The van der Waals surface area contributed by atoms with Crippen LogP contribution in [-0.2, 0) is 23.9 Å². The second-order valence-electron chi connectivity index (χ2n) is 8.34. The fraction of sp³-hybridized carbons (Fsp3) is 0.323. The zero-order valence-electron chi connectivity index (χ0n) is 21.5. The monoisotopic (exact) mass is 624 g/mol. The Balaban J connectivity index is 0.000000443. The average Bonchev–Trinajstić information content (AvgIpc) is 3.49. The SMILES string of the molecule is CC(C)O.CC(C)O.C[C](C)=[Hf+2].[C-]1=CC(c2ccccc2)=CC1.[C-]1=CC(c2ccccc2)=CC1. The van der Waals surface area contributed by atoms with Gasteiger partial charge in [0.05, 0.1) is 0 Å². The maximum atomic E-state index is 8.06. The van der Waals surface area contributed by atoms with Gasteiger partial charge in [-0.15, -0.1) is 24.0 Å². The van der Waals surface area contributed by atoms with Crippen LogP contribution in [0.15, 0.2) is 85.0 Å². The topological polar surface area (TPSA) is 40.5 Å². The van der Waals surface area contributed by atoms with Crippen LogP contribution in [0.1, 0.15) is 65.5 Å². The van der Waals surface area contributed by atoms with Crippen molar-refractivity contribution in [2.75, 3.05) is 0 Å². The van der Waals surface area contributed by atoms with Crippen LogP contribution in [-0.4, -0.2) is 25.7 Å². The smallest absolute Gasteiger partial charge is 0.0623 e. The Bertz CT molecular complexity index is 824. The van der Waals surface area contributed by atoms with Gasteiger partial charge in [-0.1, -0.05) is 60.7 Å². The van der Waals surface area contributed by atoms with Crippen LogP contribution in [0.5, 0.6) is 0 Å². The first-order chi connectivity index (χ1) is 16.1. The Morgan fingerprint density at radius 2 is 0.941 bits per heavy atom. The van der Waals surface area contributed by atoms with Gasteiger partial charge in [0.1, 0.15) is 0 Å². The molecule has 0 aliphatic heterocycles. The normalized spacial score (nSPS) is 12.7. The zero-order chi connectivity index (χ0) is 25.8. The van der Waals surface area contributed by atoms with Crippen LogP contribution in [0.25, 0.3) is 11.1 Å². The minimum absolute atomic E-state index is 0.167. The van der Waals surface area contributed by atoms with E-state index >= 15 is 0 Å². The van der Waals surface area contributed by atoms with Crippen molar-refractivity contribution in [3.8, 4) is 0 Å². The Hall–Kier alpha value is -1.94. The molecule has 0 saturated heterocycles. The maximum Gasteiger partial charge on any atom is -0.0623 e. The molecule has 34 heavy (non-hydrogen) atoms. The molecule has 180 valence electrons. The van der Waals surface area contributed by atoms with E-state index in [1.165, 1.54) is 46.2 Å². The maximum absolute atomic E-state index is 8.06. The standard InChI is InChI=1S/2C11H9.2C3H8O.C3H6.Hf/c2*1-2-6-10(7-3-1)11-8-4-5-9-11;2*1-3(2)4;1-3-2;/h2*1-3,6-9H,4H2;2*3-4H,1-2H3;1-2H3;/q2*-1;;;;+2. The van der Waals surface area contributed by atoms with Crippen molar-refractivity contribution in [2.45, 2.75) is 66.6 Å². The first-order valence-electron chi connectivity index (χ1n) is 11.7. The minimum Gasteiger partial charge on any atom is -0.272 e. The molecule has 4 rings (SSSR count). The summed E-state index contributed by atoms with van der Waals surface area (Å²) in [4.78, 5) is 0. The van der Waals surface area contributed by atoms with Gasteiger partial charge in [-0.3, -0.25) is 12.2 Å². The molecule has 3 heteroatoms. The van der Waals surface area contributed by atoms with Crippen LogP contribution in [0, 0.1) is 12.2 Å². The summed E-state index contributed by atoms with van der Waals surface area (Å²) in [5.74, 6) is 0. The van der Waals surface area contributed by atoms with E-state index in [0.717, 1.165) is 12.8 Å². The van der Waals surface area contributed by atoms with E-state index in [9.17, 15) is 0 Å². The van der Waals surface area contributed by atoms with E-state index in [2.05, 4.69) is 98.8 Å². The second kappa shape index (κ2) is 20.4. The number of hydrogen-bond donors (Lipinski definition) is 2. The Morgan fingerprint density at radius 1 is 0.676 bits per heavy atom. The van der Waals surface area contributed by atoms with Crippen molar-refractivity contribution in [1.82, 2.24) is 0 Å². The number of benzene rings is 2. The molecule has 0 amide bonds. The Morgan fingerprint density at radius 3 is 1.15 bits per heavy atom. The van der Waals surface area contributed by atoms with Gasteiger partial charge in [-0.2, -0.15) is 23.3 Å². The molecular formula is C31H40HfO2. The second-order valence-corrected chi connectivity index (χ2v) is 11.9. The van der Waals surface area contributed by atoms with Crippen LogP contribution < -0.4 is 0 Å². The number of hydrogen-bond acceptors (Lipinski definition) is 2. The molecule has 0 atom stereocenters.